The van der Waals surface area contributed by atoms with Gasteiger partial charge in [-0.3, -0.25) is 4.79 Å². The highest BCUT2D eigenvalue weighted by molar-refractivity contribution is 5.83. The Kier molecular flexibility index (Phi) is 8.08. The number of nitrogens with one attached hydrogen (secondary N) is 1. The van der Waals surface area contributed by atoms with E-state index < -0.39 is 11.5 Å². The van der Waals surface area contributed by atoms with Gasteiger partial charge < -0.3 is 14.8 Å². The topological polar surface area (TPSA) is 75.4 Å². The number of oxazole rings is 1. The molecule has 1 heterocycles. The monoisotopic (exact) mass is 344 g/mol. The number of hydrogen-bond donors (Lipinski definition) is 2. The molecule has 0 aliphatic heterocycles. The second-order valence-corrected chi connectivity index (χ2v) is 6.40. The van der Waals surface area contributed by atoms with Gasteiger partial charge in [-0.25, -0.2) is 4.98 Å². The molecule has 1 aromatic rings. The van der Waals surface area contributed by atoms with E-state index in [1.165, 1.54) is 0 Å². The Morgan fingerprint density at radius 1 is 1.44 bits per heavy atom. The maximum atomic E-state index is 12.1. The highest BCUT2D eigenvalue weighted by atomic mass is 16.3. The van der Waals surface area contributed by atoms with Crippen molar-refractivity contribution in [3.05, 3.63) is 66.5 Å². The van der Waals surface area contributed by atoms with Crippen molar-refractivity contribution >= 4 is 5.91 Å². The van der Waals surface area contributed by atoms with Crippen LogP contribution < -0.4 is 5.32 Å². The lowest BCUT2D eigenvalue weighted by molar-refractivity contribution is -0.133. The van der Waals surface area contributed by atoms with Gasteiger partial charge in [-0.05, 0) is 26.3 Å². The number of aryl methyl sites for hydroxylation is 1. The number of amides is 1. The third-order valence-corrected chi connectivity index (χ3v) is 3.81. The van der Waals surface area contributed by atoms with Crippen LogP contribution in [0.15, 0.2) is 59.2 Å². The first-order chi connectivity index (χ1) is 11.8. The SMILES string of the molecule is C=CCNC(=O)C(C)(C)C(O)C(C)=CC=CC=CCc1cnc(C)o1. The fourth-order valence-corrected chi connectivity index (χ4v) is 2.21. The molecule has 0 aliphatic rings. The van der Waals surface area contributed by atoms with E-state index in [4.69, 9.17) is 4.42 Å². The highest BCUT2D eigenvalue weighted by Gasteiger charge is 2.36. The predicted molar refractivity (Wildman–Crippen MR) is 100.0 cm³/mol. The minimum absolute atomic E-state index is 0.209. The van der Waals surface area contributed by atoms with Crippen LogP contribution in [0, 0.1) is 12.3 Å². The van der Waals surface area contributed by atoms with Gasteiger partial charge in [0, 0.05) is 19.9 Å². The van der Waals surface area contributed by atoms with Crippen LogP contribution in [0.2, 0.25) is 0 Å². The number of aliphatic hydroxyl groups excluding tert-OH is 1. The fourth-order valence-electron chi connectivity index (χ4n) is 2.21. The van der Waals surface area contributed by atoms with E-state index in [2.05, 4.69) is 16.9 Å². The van der Waals surface area contributed by atoms with Crippen LogP contribution in [0.4, 0.5) is 0 Å². The normalized spacial score (nSPS) is 14.2. The van der Waals surface area contributed by atoms with Gasteiger partial charge in [0.1, 0.15) is 5.76 Å². The lowest BCUT2D eigenvalue weighted by Gasteiger charge is -2.29. The molecule has 5 heteroatoms. The minimum Gasteiger partial charge on any atom is -0.446 e. The number of allylic oxidation sites excluding steroid dienone is 5. The Morgan fingerprint density at radius 3 is 2.76 bits per heavy atom. The van der Waals surface area contributed by atoms with E-state index in [1.54, 1.807) is 39.1 Å². The Balaban J connectivity index is 2.57. The van der Waals surface area contributed by atoms with Crippen molar-refractivity contribution in [1.29, 1.82) is 0 Å². The van der Waals surface area contributed by atoms with Crippen molar-refractivity contribution < 1.29 is 14.3 Å². The lowest BCUT2D eigenvalue weighted by atomic mass is 9.81. The third kappa shape index (κ3) is 6.55. The zero-order valence-corrected chi connectivity index (χ0v) is 15.5. The fraction of sp³-hybridized carbons (Fsp3) is 0.400. The summed E-state index contributed by atoms with van der Waals surface area (Å²) in [6.45, 7) is 11.0. The Bertz CT molecular complexity index is 666. The summed E-state index contributed by atoms with van der Waals surface area (Å²) in [5, 5.41) is 13.2. The molecule has 0 aliphatic carbocycles. The van der Waals surface area contributed by atoms with Gasteiger partial charge in [0.2, 0.25) is 5.91 Å². The molecule has 5 nitrogen and oxygen atoms in total. The number of nitrogens with zero attached hydrogens (tertiary/aromatic N) is 1. The van der Waals surface area contributed by atoms with Crippen LogP contribution in [-0.4, -0.2) is 28.6 Å². The van der Waals surface area contributed by atoms with Crippen LogP contribution in [0.1, 0.15) is 32.4 Å². The average Bonchev–Trinajstić information content (AvgIpc) is 2.99. The van der Waals surface area contributed by atoms with E-state index >= 15 is 0 Å². The molecule has 136 valence electrons. The molecule has 1 rings (SSSR count). The summed E-state index contributed by atoms with van der Waals surface area (Å²) in [4.78, 5) is 16.2. The molecule has 0 aromatic carbocycles. The molecular weight excluding hydrogens is 316 g/mol. The molecule has 0 radical (unpaired) electrons. The first-order valence-electron chi connectivity index (χ1n) is 8.27. The second kappa shape index (κ2) is 9.79. The second-order valence-electron chi connectivity index (χ2n) is 6.40. The number of carbonyl (C=O) groups excluding carboxylic acids is 1. The van der Waals surface area contributed by atoms with E-state index in [9.17, 15) is 9.90 Å². The molecule has 0 saturated carbocycles. The molecule has 0 bridgehead atoms. The molecule has 0 saturated heterocycles. The molecule has 25 heavy (non-hydrogen) atoms. The summed E-state index contributed by atoms with van der Waals surface area (Å²) in [6.07, 6.45) is 12.5. The van der Waals surface area contributed by atoms with Crippen molar-refractivity contribution in [1.82, 2.24) is 10.3 Å². The number of rotatable bonds is 9. The van der Waals surface area contributed by atoms with Crippen molar-refractivity contribution in [2.24, 2.45) is 5.41 Å². The quantitative estimate of drug-likeness (QED) is 0.532. The molecule has 1 atom stereocenters. The smallest absolute Gasteiger partial charge is 0.228 e. The summed E-state index contributed by atoms with van der Waals surface area (Å²) < 4.78 is 5.37. The molecule has 1 aromatic heterocycles. The Hall–Kier alpha value is -2.40. The Labute approximate surface area is 149 Å². The minimum atomic E-state index is -0.919. The van der Waals surface area contributed by atoms with Crippen molar-refractivity contribution in [3.8, 4) is 0 Å². The van der Waals surface area contributed by atoms with Crippen LogP contribution in [0.25, 0.3) is 0 Å². The summed E-state index contributed by atoms with van der Waals surface area (Å²) in [6, 6.07) is 0. The molecular formula is C20H28N2O3. The van der Waals surface area contributed by atoms with E-state index in [-0.39, 0.29) is 5.91 Å². The molecule has 0 fully saturated rings. The lowest BCUT2D eigenvalue weighted by Crippen LogP contribution is -2.45. The van der Waals surface area contributed by atoms with Crippen molar-refractivity contribution in [3.63, 3.8) is 0 Å². The molecule has 1 amide bonds. The van der Waals surface area contributed by atoms with Gasteiger partial charge in [-0.15, -0.1) is 6.58 Å². The summed E-state index contributed by atoms with van der Waals surface area (Å²) in [5.41, 5.74) is -0.202. The maximum absolute atomic E-state index is 12.1. The summed E-state index contributed by atoms with van der Waals surface area (Å²) >= 11 is 0. The largest absolute Gasteiger partial charge is 0.446 e. The highest BCUT2D eigenvalue weighted by Crippen LogP contribution is 2.26. The Morgan fingerprint density at radius 2 is 2.16 bits per heavy atom. The number of aliphatic hydroxyl groups is 1. The van der Waals surface area contributed by atoms with Crippen LogP contribution in [-0.2, 0) is 11.2 Å². The van der Waals surface area contributed by atoms with Gasteiger partial charge >= 0.3 is 0 Å². The predicted octanol–water partition coefficient (Wildman–Crippen LogP) is 3.27. The average molecular weight is 344 g/mol. The summed E-state index contributed by atoms with van der Waals surface area (Å²) in [7, 11) is 0. The molecule has 0 spiro atoms. The van der Waals surface area contributed by atoms with Crippen molar-refractivity contribution in [2.75, 3.05) is 6.54 Å². The number of hydrogen-bond acceptors (Lipinski definition) is 4. The molecule has 1 unspecified atom stereocenters. The van der Waals surface area contributed by atoms with E-state index in [0.29, 0.717) is 24.4 Å². The third-order valence-electron chi connectivity index (χ3n) is 3.81. The first-order valence-corrected chi connectivity index (χ1v) is 8.27. The summed E-state index contributed by atoms with van der Waals surface area (Å²) in [5.74, 6) is 1.27. The van der Waals surface area contributed by atoms with Gasteiger partial charge in [0.15, 0.2) is 5.89 Å². The van der Waals surface area contributed by atoms with Crippen molar-refractivity contribution in [2.45, 2.75) is 40.2 Å². The van der Waals surface area contributed by atoms with Gasteiger partial charge in [-0.1, -0.05) is 36.5 Å². The maximum Gasteiger partial charge on any atom is 0.228 e. The van der Waals surface area contributed by atoms with Gasteiger partial charge in [-0.2, -0.15) is 0 Å². The van der Waals surface area contributed by atoms with Gasteiger partial charge in [0.05, 0.1) is 17.7 Å². The standard InChI is InChI=1S/C20H28N2O3/c1-6-13-21-19(24)20(4,5)18(23)15(2)11-9-7-8-10-12-17-14-22-16(3)25-17/h6-11,14,18,23H,1,12-13H2,2-5H3,(H,21,24). The van der Waals surface area contributed by atoms with Crippen LogP contribution >= 0.6 is 0 Å². The zero-order chi connectivity index (χ0) is 18.9. The van der Waals surface area contributed by atoms with E-state index in [1.807, 2.05) is 31.2 Å². The van der Waals surface area contributed by atoms with E-state index in [0.717, 1.165) is 5.76 Å². The zero-order valence-electron chi connectivity index (χ0n) is 15.5. The van der Waals surface area contributed by atoms with Gasteiger partial charge in [0.25, 0.3) is 0 Å². The van der Waals surface area contributed by atoms with Crippen LogP contribution in [0.3, 0.4) is 0 Å². The number of carbonyl (C=O) groups is 1. The first kappa shape index (κ1) is 20.6. The van der Waals surface area contributed by atoms with Crippen LogP contribution in [0.5, 0.6) is 0 Å². The molecule has 2 N–H and O–H groups in total. The number of aromatic nitrogens is 1.